The van der Waals surface area contributed by atoms with E-state index in [0.29, 0.717) is 18.5 Å². The molecule has 0 aliphatic heterocycles. The SMILES string of the molecule is OCCCNC(Cc1ccccc1)c1ccccc1F. The Balaban J connectivity index is 2.14. The van der Waals surface area contributed by atoms with Crippen LogP contribution in [-0.4, -0.2) is 18.3 Å². The van der Waals surface area contributed by atoms with Crippen LogP contribution < -0.4 is 5.32 Å². The first kappa shape index (κ1) is 14.7. The molecule has 2 nitrogen and oxygen atoms in total. The Bertz CT molecular complexity index is 515. The number of rotatable bonds is 7. The fourth-order valence-electron chi connectivity index (χ4n) is 2.25. The van der Waals surface area contributed by atoms with Gasteiger partial charge in [-0.2, -0.15) is 0 Å². The second-order valence-electron chi connectivity index (χ2n) is 4.80. The quantitative estimate of drug-likeness (QED) is 0.760. The molecule has 106 valence electrons. The number of hydrogen-bond donors (Lipinski definition) is 2. The van der Waals surface area contributed by atoms with Crippen LogP contribution in [0, 0.1) is 5.82 Å². The van der Waals surface area contributed by atoms with Crippen LogP contribution in [0.4, 0.5) is 4.39 Å². The topological polar surface area (TPSA) is 32.3 Å². The van der Waals surface area contributed by atoms with Crippen molar-refractivity contribution in [3.8, 4) is 0 Å². The highest BCUT2D eigenvalue weighted by atomic mass is 19.1. The average molecular weight is 273 g/mol. The number of aliphatic hydroxyl groups excluding tert-OH is 1. The van der Waals surface area contributed by atoms with E-state index in [4.69, 9.17) is 5.11 Å². The zero-order chi connectivity index (χ0) is 14.2. The summed E-state index contributed by atoms with van der Waals surface area (Å²) in [5, 5.41) is 12.2. The van der Waals surface area contributed by atoms with E-state index in [9.17, 15) is 4.39 Å². The summed E-state index contributed by atoms with van der Waals surface area (Å²) < 4.78 is 14.0. The summed E-state index contributed by atoms with van der Waals surface area (Å²) >= 11 is 0. The molecular formula is C17H20FNO. The maximum Gasteiger partial charge on any atom is 0.127 e. The van der Waals surface area contributed by atoms with E-state index in [0.717, 1.165) is 12.0 Å². The molecule has 2 aromatic rings. The molecule has 0 fully saturated rings. The normalized spacial score (nSPS) is 12.3. The van der Waals surface area contributed by atoms with E-state index >= 15 is 0 Å². The molecule has 20 heavy (non-hydrogen) atoms. The second-order valence-corrected chi connectivity index (χ2v) is 4.80. The summed E-state index contributed by atoms with van der Waals surface area (Å²) in [5.41, 5.74) is 1.84. The lowest BCUT2D eigenvalue weighted by Gasteiger charge is -2.20. The molecule has 0 spiro atoms. The molecule has 0 aliphatic carbocycles. The number of benzene rings is 2. The Hall–Kier alpha value is -1.71. The fourth-order valence-corrected chi connectivity index (χ4v) is 2.25. The number of halogens is 1. The minimum atomic E-state index is -0.190. The highest BCUT2D eigenvalue weighted by Crippen LogP contribution is 2.21. The van der Waals surface area contributed by atoms with Gasteiger partial charge in [0.2, 0.25) is 0 Å². The number of hydrogen-bond acceptors (Lipinski definition) is 2. The largest absolute Gasteiger partial charge is 0.396 e. The predicted octanol–water partition coefficient (Wildman–Crippen LogP) is 3.08. The lowest BCUT2D eigenvalue weighted by atomic mass is 9.98. The molecule has 2 aromatic carbocycles. The van der Waals surface area contributed by atoms with Gasteiger partial charge in [0.1, 0.15) is 5.82 Å². The third-order valence-corrected chi connectivity index (χ3v) is 3.29. The van der Waals surface area contributed by atoms with Gasteiger partial charge < -0.3 is 10.4 Å². The van der Waals surface area contributed by atoms with E-state index in [2.05, 4.69) is 5.32 Å². The van der Waals surface area contributed by atoms with Crippen LogP contribution in [0.3, 0.4) is 0 Å². The summed E-state index contributed by atoms with van der Waals surface area (Å²) in [4.78, 5) is 0. The van der Waals surface area contributed by atoms with Crippen molar-refractivity contribution in [1.82, 2.24) is 5.32 Å². The van der Waals surface area contributed by atoms with Crippen molar-refractivity contribution < 1.29 is 9.50 Å². The van der Waals surface area contributed by atoms with Gasteiger partial charge in [-0.05, 0) is 31.0 Å². The van der Waals surface area contributed by atoms with Gasteiger partial charge in [-0.25, -0.2) is 4.39 Å². The molecule has 1 unspecified atom stereocenters. The summed E-state index contributed by atoms with van der Waals surface area (Å²) in [6, 6.07) is 16.8. The number of nitrogens with one attached hydrogen (secondary N) is 1. The first-order valence-corrected chi connectivity index (χ1v) is 6.94. The Morgan fingerprint density at radius 2 is 1.70 bits per heavy atom. The van der Waals surface area contributed by atoms with Gasteiger partial charge in [0, 0.05) is 18.2 Å². The Morgan fingerprint density at radius 1 is 1.00 bits per heavy atom. The van der Waals surface area contributed by atoms with Crippen molar-refractivity contribution in [2.75, 3.05) is 13.2 Å². The van der Waals surface area contributed by atoms with Crippen LogP contribution >= 0.6 is 0 Å². The standard InChI is InChI=1S/C17H20FNO/c18-16-10-5-4-9-15(16)17(19-11-6-12-20)13-14-7-2-1-3-8-14/h1-5,7-10,17,19-20H,6,11-13H2. The Labute approximate surface area is 119 Å². The minimum Gasteiger partial charge on any atom is -0.396 e. The second kappa shape index (κ2) is 7.78. The molecule has 0 aromatic heterocycles. The average Bonchev–Trinajstić information content (AvgIpc) is 2.48. The molecule has 0 radical (unpaired) electrons. The number of aliphatic hydroxyl groups is 1. The van der Waals surface area contributed by atoms with Crippen molar-refractivity contribution in [2.24, 2.45) is 0 Å². The van der Waals surface area contributed by atoms with Crippen LogP contribution in [0.2, 0.25) is 0 Å². The van der Waals surface area contributed by atoms with Crippen molar-refractivity contribution in [2.45, 2.75) is 18.9 Å². The molecule has 0 amide bonds. The molecular weight excluding hydrogens is 253 g/mol. The highest BCUT2D eigenvalue weighted by Gasteiger charge is 2.15. The van der Waals surface area contributed by atoms with Gasteiger partial charge in [0.15, 0.2) is 0 Å². The zero-order valence-electron chi connectivity index (χ0n) is 11.4. The molecule has 2 rings (SSSR count). The van der Waals surface area contributed by atoms with E-state index < -0.39 is 0 Å². The van der Waals surface area contributed by atoms with Gasteiger partial charge in [-0.1, -0.05) is 48.5 Å². The smallest absolute Gasteiger partial charge is 0.127 e. The first-order chi connectivity index (χ1) is 9.81. The highest BCUT2D eigenvalue weighted by molar-refractivity contribution is 5.25. The third-order valence-electron chi connectivity index (χ3n) is 3.29. The molecule has 1 atom stereocenters. The summed E-state index contributed by atoms with van der Waals surface area (Å²) in [6.07, 6.45) is 1.40. The molecule has 0 saturated heterocycles. The van der Waals surface area contributed by atoms with Crippen molar-refractivity contribution in [1.29, 1.82) is 0 Å². The van der Waals surface area contributed by atoms with Crippen LogP contribution in [0.1, 0.15) is 23.6 Å². The van der Waals surface area contributed by atoms with E-state index in [1.807, 2.05) is 42.5 Å². The maximum absolute atomic E-state index is 14.0. The molecule has 0 heterocycles. The van der Waals surface area contributed by atoms with Gasteiger partial charge in [-0.15, -0.1) is 0 Å². The lowest BCUT2D eigenvalue weighted by Crippen LogP contribution is -2.25. The Morgan fingerprint density at radius 3 is 2.40 bits per heavy atom. The van der Waals surface area contributed by atoms with E-state index in [-0.39, 0.29) is 18.5 Å². The fraction of sp³-hybridized carbons (Fsp3) is 0.294. The molecule has 3 heteroatoms. The van der Waals surface area contributed by atoms with Crippen LogP contribution in [-0.2, 0) is 6.42 Å². The predicted molar refractivity (Wildman–Crippen MR) is 79.0 cm³/mol. The summed E-state index contributed by atoms with van der Waals surface area (Å²) in [7, 11) is 0. The van der Waals surface area contributed by atoms with Gasteiger partial charge in [0.25, 0.3) is 0 Å². The third kappa shape index (κ3) is 4.15. The van der Waals surface area contributed by atoms with Crippen LogP contribution in [0.5, 0.6) is 0 Å². The van der Waals surface area contributed by atoms with Gasteiger partial charge >= 0.3 is 0 Å². The molecule has 2 N–H and O–H groups in total. The zero-order valence-corrected chi connectivity index (χ0v) is 11.4. The molecule has 0 bridgehead atoms. The maximum atomic E-state index is 14.0. The van der Waals surface area contributed by atoms with Crippen molar-refractivity contribution >= 4 is 0 Å². The monoisotopic (exact) mass is 273 g/mol. The summed E-state index contributed by atoms with van der Waals surface area (Å²) in [6.45, 7) is 0.810. The van der Waals surface area contributed by atoms with E-state index in [1.54, 1.807) is 6.07 Å². The lowest BCUT2D eigenvalue weighted by molar-refractivity contribution is 0.283. The summed E-state index contributed by atoms with van der Waals surface area (Å²) in [5.74, 6) is -0.190. The van der Waals surface area contributed by atoms with Crippen LogP contribution in [0.25, 0.3) is 0 Å². The van der Waals surface area contributed by atoms with Crippen molar-refractivity contribution in [3.05, 3.63) is 71.5 Å². The Kier molecular flexibility index (Phi) is 5.71. The first-order valence-electron chi connectivity index (χ1n) is 6.94. The molecule has 0 saturated carbocycles. The van der Waals surface area contributed by atoms with Gasteiger partial charge in [0.05, 0.1) is 0 Å². The molecule has 0 aliphatic rings. The van der Waals surface area contributed by atoms with Crippen LogP contribution in [0.15, 0.2) is 54.6 Å². The minimum absolute atomic E-state index is 0.0786. The van der Waals surface area contributed by atoms with Gasteiger partial charge in [-0.3, -0.25) is 0 Å². The van der Waals surface area contributed by atoms with Crippen molar-refractivity contribution in [3.63, 3.8) is 0 Å². The van der Waals surface area contributed by atoms with E-state index in [1.165, 1.54) is 6.07 Å².